The van der Waals surface area contributed by atoms with Gasteiger partial charge in [0.25, 0.3) is 0 Å². The highest BCUT2D eigenvalue weighted by molar-refractivity contribution is 5.76. The van der Waals surface area contributed by atoms with Crippen molar-refractivity contribution in [2.45, 2.75) is 26.9 Å². The molecule has 0 aliphatic carbocycles. The number of aromatic nitrogens is 3. The van der Waals surface area contributed by atoms with Gasteiger partial charge < -0.3 is 34.2 Å². The molecule has 1 spiro atoms. The Kier molecular flexibility index (Phi) is 6.97. The van der Waals surface area contributed by atoms with E-state index in [0.29, 0.717) is 37.0 Å². The van der Waals surface area contributed by atoms with Crippen molar-refractivity contribution in [3.8, 4) is 28.4 Å². The molecule has 1 atom stereocenters. The highest BCUT2D eigenvalue weighted by atomic mass is 16.5. The molecule has 2 aromatic heterocycles. The van der Waals surface area contributed by atoms with Gasteiger partial charge in [-0.2, -0.15) is 0 Å². The van der Waals surface area contributed by atoms with E-state index in [0.717, 1.165) is 47.0 Å². The molecule has 0 bridgehead atoms. The van der Waals surface area contributed by atoms with E-state index in [-0.39, 0.29) is 18.1 Å². The molecule has 2 aliphatic heterocycles. The number of nitrogens with zero attached hydrogens (tertiary/aromatic N) is 5. The standard InChI is InChI=1S/C27H34N6O5/c1-16-23(22-17(2)31-38-18(22)3)29-24(19-7-6-8-21(9-19)37-11-20(34)10-28-4)30-25(16)32-12-27(13-32)14-33(15-27)26(35)36-5/h6-9,20,28,34H,10-15H2,1-5H3. The molecule has 0 saturated carbocycles. The maximum atomic E-state index is 11.8. The summed E-state index contributed by atoms with van der Waals surface area (Å²) < 4.78 is 16.1. The second-order valence-corrected chi connectivity index (χ2v) is 10.3. The number of hydrogen-bond acceptors (Lipinski definition) is 10. The van der Waals surface area contributed by atoms with Crippen molar-refractivity contribution in [2.24, 2.45) is 5.41 Å². The molecule has 1 amide bonds. The number of anilines is 1. The number of hydrogen-bond donors (Lipinski definition) is 2. The second kappa shape index (κ2) is 10.2. The van der Waals surface area contributed by atoms with Crippen molar-refractivity contribution in [1.82, 2.24) is 25.3 Å². The van der Waals surface area contributed by atoms with Gasteiger partial charge in [-0.1, -0.05) is 17.3 Å². The maximum absolute atomic E-state index is 11.8. The third kappa shape index (κ3) is 4.79. The molecule has 1 unspecified atom stereocenters. The first-order valence-electron chi connectivity index (χ1n) is 12.7. The van der Waals surface area contributed by atoms with Crippen LogP contribution in [0.25, 0.3) is 22.6 Å². The van der Waals surface area contributed by atoms with E-state index in [1.807, 2.05) is 45.0 Å². The van der Waals surface area contributed by atoms with Crippen LogP contribution < -0.4 is 15.0 Å². The first-order valence-corrected chi connectivity index (χ1v) is 12.7. The molecule has 2 fully saturated rings. The number of nitrogens with one attached hydrogen (secondary N) is 1. The monoisotopic (exact) mass is 522 g/mol. The van der Waals surface area contributed by atoms with Gasteiger partial charge in [0.1, 0.15) is 30.0 Å². The van der Waals surface area contributed by atoms with Gasteiger partial charge in [-0.25, -0.2) is 14.8 Å². The lowest BCUT2D eigenvalue weighted by Crippen LogP contribution is -2.73. The van der Waals surface area contributed by atoms with Gasteiger partial charge in [0.05, 0.1) is 24.1 Å². The quantitative estimate of drug-likeness (QED) is 0.456. The summed E-state index contributed by atoms with van der Waals surface area (Å²) in [5.41, 5.74) is 4.23. The summed E-state index contributed by atoms with van der Waals surface area (Å²) in [4.78, 5) is 25.8. The van der Waals surface area contributed by atoms with Crippen LogP contribution in [0.3, 0.4) is 0 Å². The van der Waals surface area contributed by atoms with E-state index in [1.54, 1.807) is 11.9 Å². The highest BCUT2D eigenvalue weighted by Gasteiger charge is 2.54. The van der Waals surface area contributed by atoms with E-state index >= 15 is 0 Å². The first-order chi connectivity index (χ1) is 18.2. The number of rotatable bonds is 8. The van der Waals surface area contributed by atoms with E-state index in [9.17, 15) is 9.90 Å². The van der Waals surface area contributed by atoms with Gasteiger partial charge >= 0.3 is 6.09 Å². The average molecular weight is 523 g/mol. The molecular formula is C27H34N6O5. The van der Waals surface area contributed by atoms with Gasteiger partial charge in [0.15, 0.2) is 5.82 Å². The van der Waals surface area contributed by atoms with Gasteiger partial charge in [-0.15, -0.1) is 0 Å². The Morgan fingerprint density at radius 2 is 1.97 bits per heavy atom. The summed E-state index contributed by atoms with van der Waals surface area (Å²) in [6, 6.07) is 7.57. The molecule has 2 N–H and O–H groups in total. The van der Waals surface area contributed by atoms with Crippen molar-refractivity contribution >= 4 is 11.9 Å². The lowest BCUT2D eigenvalue weighted by atomic mass is 9.73. The number of methoxy groups -OCH3 is 1. The summed E-state index contributed by atoms with van der Waals surface area (Å²) in [5, 5.41) is 17.1. The second-order valence-electron chi connectivity index (χ2n) is 10.3. The van der Waals surface area contributed by atoms with Crippen molar-refractivity contribution in [1.29, 1.82) is 0 Å². The molecule has 11 heteroatoms. The average Bonchev–Trinajstić information content (AvgIpc) is 3.19. The topological polar surface area (TPSA) is 126 Å². The van der Waals surface area contributed by atoms with Crippen LogP contribution in [-0.2, 0) is 4.74 Å². The predicted molar refractivity (Wildman–Crippen MR) is 141 cm³/mol. The van der Waals surface area contributed by atoms with Crippen LogP contribution >= 0.6 is 0 Å². The Morgan fingerprint density at radius 1 is 1.21 bits per heavy atom. The number of likely N-dealkylation sites (tertiary alicyclic amines) is 1. The molecule has 4 heterocycles. The maximum Gasteiger partial charge on any atom is 0.409 e. The molecule has 0 radical (unpaired) electrons. The van der Waals surface area contributed by atoms with E-state index < -0.39 is 6.10 Å². The molecule has 2 aliphatic rings. The number of likely N-dealkylation sites (N-methyl/N-ethyl adjacent to an activating group) is 1. The number of aliphatic hydroxyl groups excluding tert-OH is 1. The Bertz CT molecular complexity index is 1310. The van der Waals surface area contributed by atoms with Crippen LogP contribution in [0.4, 0.5) is 10.6 Å². The molecular weight excluding hydrogens is 488 g/mol. The normalized spacial score (nSPS) is 16.7. The van der Waals surface area contributed by atoms with Gasteiger partial charge in [-0.05, 0) is 40.0 Å². The minimum absolute atomic E-state index is 0.0663. The first kappa shape index (κ1) is 25.9. The third-order valence-corrected chi connectivity index (χ3v) is 7.20. The number of carbonyl (C=O) groups is 1. The smallest absolute Gasteiger partial charge is 0.409 e. The minimum Gasteiger partial charge on any atom is -0.491 e. The molecule has 38 heavy (non-hydrogen) atoms. The summed E-state index contributed by atoms with van der Waals surface area (Å²) >= 11 is 0. The van der Waals surface area contributed by atoms with Crippen molar-refractivity contribution in [3.05, 3.63) is 41.3 Å². The summed E-state index contributed by atoms with van der Waals surface area (Å²) in [7, 11) is 3.19. The molecule has 1 aromatic carbocycles. The molecule has 5 rings (SSSR count). The molecule has 3 aromatic rings. The van der Waals surface area contributed by atoms with Gasteiger partial charge in [0, 0.05) is 49.3 Å². The molecule has 11 nitrogen and oxygen atoms in total. The van der Waals surface area contributed by atoms with Gasteiger partial charge in [-0.3, -0.25) is 0 Å². The number of carbonyl (C=O) groups excluding carboxylic acids is 1. The number of benzene rings is 1. The lowest BCUT2D eigenvalue weighted by molar-refractivity contribution is -0.0153. The van der Waals surface area contributed by atoms with Crippen LogP contribution in [0.1, 0.15) is 17.0 Å². The fraction of sp³-hybridized carbons (Fsp3) is 0.481. The Hall–Kier alpha value is -3.70. The van der Waals surface area contributed by atoms with Gasteiger partial charge in [0.2, 0.25) is 0 Å². The minimum atomic E-state index is -0.614. The molecule has 202 valence electrons. The fourth-order valence-corrected chi connectivity index (χ4v) is 5.35. The Balaban J connectivity index is 1.46. The van der Waals surface area contributed by atoms with Crippen LogP contribution in [0.15, 0.2) is 28.8 Å². The predicted octanol–water partition coefficient (Wildman–Crippen LogP) is 2.57. The van der Waals surface area contributed by atoms with E-state index in [2.05, 4.69) is 15.4 Å². The van der Waals surface area contributed by atoms with Crippen LogP contribution in [0, 0.1) is 26.2 Å². The third-order valence-electron chi connectivity index (χ3n) is 7.20. The fourth-order valence-electron chi connectivity index (χ4n) is 5.35. The number of aliphatic hydroxyl groups is 1. The van der Waals surface area contributed by atoms with Crippen LogP contribution in [-0.4, -0.2) is 90.8 Å². The molecule has 2 saturated heterocycles. The van der Waals surface area contributed by atoms with E-state index in [1.165, 1.54) is 7.11 Å². The summed E-state index contributed by atoms with van der Waals surface area (Å²) in [6.07, 6.45) is -0.895. The zero-order chi connectivity index (χ0) is 27.0. The summed E-state index contributed by atoms with van der Waals surface area (Å²) in [5.74, 6) is 2.74. The van der Waals surface area contributed by atoms with Crippen molar-refractivity contribution < 1.29 is 23.9 Å². The van der Waals surface area contributed by atoms with Crippen molar-refractivity contribution in [2.75, 3.05) is 58.4 Å². The number of ether oxygens (including phenoxy) is 2. The van der Waals surface area contributed by atoms with Crippen LogP contribution in [0.2, 0.25) is 0 Å². The zero-order valence-corrected chi connectivity index (χ0v) is 22.4. The summed E-state index contributed by atoms with van der Waals surface area (Å²) in [6.45, 7) is 9.39. The van der Waals surface area contributed by atoms with Crippen LogP contribution in [0.5, 0.6) is 5.75 Å². The highest BCUT2D eigenvalue weighted by Crippen LogP contribution is 2.44. The SMILES string of the molecule is CNCC(O)COc1cccc(-c2nc(-c3c(C)noc3C)c(C)c(N3CC4(CN(C(=O)OC)C4)C3)n2)c1. The Labute approximate surface area is 221 Å². The largest absolute Gasteiger partial charge is 0.491 e. The van der Waals surface area contributed by atoms with Crippen molar-refractivity contribution in [3.63, 3.8) is 0 Å². The Morgan fingerprint density at radius 3 is 2.63 bits per heavy atom. The lowest BCUT2D eigenvalue weighted by Gasteiger charge is -2.60. The number of amides is 1. The number of aryl methyl sites for hydroxylation is 2. The van der Waals surface area contributed by atoms with E-state index in [4.69, 9.17) is 24.0 Å². The zero-order valence-electron chi connectivity index (χ0n) is 22.4.